The Morgan fingerprint density at radius 1 is 1.48 bits per heavy atom. The number of methoxy groups -OCH3 is 1. The Kier molecular flexibility index (Phi) is 5.50. The second-order valence-electron chi connectivity index (χ2n) is 6.94. The molecule has 10 heteroatoms. The molecule has 0 saturated heterocycles. The zero-order chi connectivity index (χ0) is 19.8. The van der Waals surface area contributed by atoms with Crippen LogP contribution < -0.4 is 10.6 Å². The molecule has 2 aromatic rings. The van der Waals surface area contributed by atoms with Gasteiger partial charge in [-0.25, -0.2) is 9.37 Å². The maximum Gasteiger partial charge on any atom is 0.224 e. The summed E-state index contributed by atoms with van der Waals surface area (Å²) in [7, 11) is 3.31. The molecule has 1 unspecified atom stereocenters. The van der Waals surface area contributed by atoms with Gasteiger partial charge < -0.3 is 25.2 Å². The third kappa shape index (κ3) is 3.69. The number of fused-ring (bicyclic) bond motifs is 1. The third-order valence-electron chi connectivity index (χ3n) is 4.98. The summed E-state index contributed by atoms with van der Waals surface area (Å²) < 4.78 is 27.4. The van der Waals surface area contributed by atoms with Crippen LogP contribution in [0.3, 0.4) is 0 Å². The van der Waals surface area contributed by atoms with Crippen LogP contribution in [-0.4, -0.2) is 70.2 Å². The van der Waals surface area contributed by atoms with Gasteiger partial charge in [-0.05, 0) is 26.7 Å². The first kappa shape index (κ1) is 19.7. The van der Waals surface area contributed by atoms with Crippen molar-refractivity contribution in [2.45, 2.75) is 50.7 Å². The van der Waals surface area contributed by atoms with Crippen molar-refractivity contribution in [3.8, 4) is 0 Å². The van der Waals surface area contributed by atoms with Crippen LogP contribution >= 0.6 is 0 Å². The van der Waals surface area contributed by atoms with Crippen molar-refractivity contribution in [1.29, 1.82) is 0 Å². The highest BCUT2D eigenvalue weighted by atomic mass is 19.1. The number of halogens is 1. The molecular weight excluding hydrogens is 355 g/mol. The highest BCUT2D eigenvalue weighted by molar-refractivity contribution is 5.85. The number of nitrogens with zero attached hydrogens (tertiary/aromatic N) is 5. The minimum Gasteiger partial charge on any atom is -0.385 e. The van der Waals surface area contributed by atoms with Crippen LogP contribution in [0.4, 0.5) is 16.2 Å². The molecule has 0 amide bonds. The van der Waals surface area contributed by atoms with Crippen LogP contribution in [0.25, 0.3) is 11.2 Å². The van der Waals surface area contributed by atoms with Crippen molar-refractivity contribution < 1.29 is 19.0 Å². The van der Waals surface area contributed by atoms with Gasteiger partial charge in [-0.15, -0.1) is 0 Å². The van der Waals surface area contributed by atoms with E-state index in [4.69, 9.17) is 15.2 Å². The summed E-state index contributed by atoms with van der Waals surface area (Å²) in [6.07, 6.45) is 1.07. The highest BCUT2D eigenvalue weighted by Gasteiger charge is 2.42. The molecule has 2 heterocycles. The summed E-state index contributed by atoms with van der Waals surface area (Å²) >= 11 is 0. The molecule has 1 aliphatic rings. The lowest BCUT2D eigenvalue weighted by atomic mass is 10.0. The molecule has 1 fully saturated rings. The minimum absolute atomic E-state index is 0.0228. The van der Waals surface area contributed by atoms with Crippen LogP contribution in [0.5, 0.6) is 0 Å². The summed E-state index contributed by atoms with van der Waals surface area (Å²) in [5, 5.41) is 10.6. The molecule has 150 valence electrons. The molecule has 27 heavy (non-hydrogen) atoms. The maximum atomic E-state index is 15.7. The smallest absolute Gasteiger partial charge is 0.224 e. The highest BCUT2D eigenvalue weighted by Crippen LogP contribution is 2.35. The zero-order valence-electron chi connectivity index (χ0n) is 16.1. The molecular formula is C17H27FN6O3. The Balaban J connectivity index is 2.00. The van der Waals surface area contributed by atoms with Crippen LogP contribution in [0.1, 0.15) is 26.7 Å². The number of hydrogen-bond donors (Lipinski definition) is 2. The summed E-state index contributed by atoms with van der Waals surface area (Å²) in [6, 6.07) is 0.374. The van der Waals surface area contributed by atoms with Gasteiger partial charge in [0.25, 0.3) is 0 Å². The number of aliphatic hydroxyl groups is 1. The summed E-state index contributed by atoms with van der Waals surface area (Å²) in [5.74, 6) is -1.67. The standard InChI is InChI=1S/C17H27FN6O3/c1-5-27-8-11(26-4)13(25)17(2,18)24-9-20-12-14(23(3)10-6-7-10)21-16(19)22-15(12)24/h9-11,13,25H,5-8H2,1-4H3,(H2,19,21,22)/t11?,13-,17+/m1/s1. The predicted molar refractivity (Wildman–Crippen MR) is 99.2 cm³/mol. The molecule has 1 saturated carbocycles. The molecule has 0 radical (unpaired) electrons. The number of rotatable bonds is 9. The summed E-state index contributed by atoms with van der Waals surface area (Å²) in [6.45, 7) is 3.56. The van der Waals surface area contributed by atoms with Crippen molar-refractivity contribution in [3.63, 3.8) is 0 Å². The van der Waals surface area contributed by atoms with Gasteiger partial charge in [0.05, 0.1) is 12.9 Å². The van der Waals surface area contributed by atoms with Crippen molar-refractivity contribution >= 4 is 22.9 Å². The molecule has 1 aliphatic carbocycles. The Morgan fingerprint density at radius 2 is 2.19 bits per heavy atom. The fraction of sp³-hybridized carbons (Fsp3) is 0.706. The van der Waals surface area contributed by atoms with Crippen molar-refractivity contribution in [2.24, 2.45) is 0 Å². The molecule has 3 N–H and O–H groups in total. The lowest BCUT2D eigenvalue weighted by Crippen LogP contribution is -2.48. The van der Waals surface area contributed by atoms with Crippen molar-refractivity contribution in [3.05, 3.63) is 6.33 Å². The average molecular weight is 382 g/mol. The van der Waals surface area contributed by atoms with Gasteiger partial charge >= 0.3 is 0 Å². The monoisotopic (exact) mass is 382 g/mol. The zero-order valence-corrected chi connectivity index (χ0v) is 16.1. The first-order valence-electron chi connectivity index (χ1n) is 9.02. The molecule has 3 rings (SSSR count). The molecule has 0 aromatic carbocycles. The van der Waals surface area contributed by atoms with Gasteiger partial charge in [0.2, 0.25) is 11.7 Å². The van der Waals surface area contributed by atoms with Gasteiger partial charge in [-0.3, -0.25) is 4.57 Å². The fourth-order valence-corrected chi connectivity index (χ4v) is 3.11. The number of anilines is 2. The first-order valence-corrected chi connectivity index (χ1v) is 9.02. The van der Waals surface area contributed by atoms with E-state index in [2.05, 4.69) is 15.0 Å². The number of nitrogens with two attached hydrogens (primary N) is 1. The van der Waals surface area contributed by atoms with E-state index in [0.29, 0.717) is 24.0 Å². The molecule has 0 aliphatic heterocycles. The lowest BCUT2D eigenvalue weighted by molar-refractivity contribution is -0.141. The molecule has 9 nitrogen and oxygen atoms in total. The number of aromatic nitrogens is 4. The Morgan fingerprint density at radius 3 is 2.78 bits per heavy atom. The van der Waals surface area contributed by atoms with Gasteiger partial charge in [-0.2, -0.15) is 9.97 Å². The van der Waals surface area contributed by atoms with E-state index in [1.807, 2.05) is 18.9 Å². The number of hydrogen-bond acceptors (Lipinski definition) is 8. The quantitative estimate of drug-likeness (QED) is 0.662. The lowest BCUT2D eigenvalue weighted by Gasteiger charge is -2.32. The van der Waals surface area contributed by atoms with E-state index in [9.17, 15) is 5.11 Å². The van der Waals surface area contributed by atoms with Crippen LogP contribution in [0.2, 0.25) is 0 Å². The van der Waals surface area contributed by atoms with Gasteiger partial charge in [0.1, 0.15) is 12.2 Å². The predicted octanol–water partition coefficient (Wildman–Crippen LogP) is 1.06. The Labute approximate surface area is 157 Å². The number of aliphatic hydroxyl groups excluding tert-OH is 1. The van der Waals surface area contributed by atoms with E-state index in [0.717, 1.165) is 12.8 Å². The molecule has 3 atom stereocenters. The Hall–Kier alpha value is -2.04. The maximum absolute atomic E-state index is 15.7. The van der Waals surface area contributed by atoms with Gasteiger partial charge in [-0.1, -0.05) is 0 Å². The van der Waals surface area contributed by atoms with E-state index in [1.165, 1.54) is 24.9 Å². The fourth-order valence-electron chi connectivity index (χ4n) is 3.11. The van der Waals surface area contributed by atoms with Crippen LogP contribution in [-0.2, 0) is 15.3 Å². The largest absolute Gasteiger partial charge is 0.385 e. The Bertz CT molecular complexity index is 794. The van der Waals surface area contributed by atoms with Crippen molar-refractivity contribution in [2.75, 3.05) is 38.0 Å². The summed E-state index contributed by atoms with van der Waals surface area (Å²) in [5.41, 5.74) is 6.52. The minimum atomic E-state index is -2.25. The number of nitrogen functional groups attached to an aromatic ring is 1. The van der Waals surface area contributed by atoms with E-state index in [-0.39, 0.29) is 18.2 Å². The SMILES string of the molecule is CCOCC(OC)[C@@H](O)[C@@](C)(F)n1cnc2c(N(C)C3CC3)nc(N)nc21. The van der Waals surface area contributed by atoms with Crippen molar-refractivity contribution in [1.82, 2.24) is 19.5 Å². The average Bonchev–Trinajstić information content (AvgIpc) is 3.40. The normalized spacial score (nSPS) is 19.0. The summed E-state index contributed by atoms with van der Waals surface area (Å²) in [4.78, 5) is 14.7. The van der Waals surface area contributed by atoms with E-state index in [1.54, 1.807) is 0 Å². The number of ether oxygens (including phenoxy) is 2. The second kappa shape index (κ2) is 7.53. The topological polar surface area (TPSA) is 112 Å². The molecule has 0 spiro atoms. The molecule has 0 bridgehead atoms. The molecule has 2 aromatic heterocycles. The third-order valence-corrected chi connectivity index (χ3v) is 4.98. The van der Waals surface area contributed by atoms with E-state index >= 15 is 4.39 Å². The van der Waals surface area contributed by atoms with E-state index < -0.39 is 18.0 Å². The van der Waals surface area contributed by atoms with Crippen LogP contribution in [0.15, 0.2) is 6.33 Å². The number of imidazole rings is 1. The first-order chi connectivity index (χ1) is 12.8. The number of alkyl halides is 1. The second-order valence-corrected chi connectivity index (χ2v) is 6.94. The van der Waals surface area contributed by atoms with Crippen LogP contribution in [0, 0.1) is 0 Å². The van der Waals surface area contributed by atoms with Gasteiger partial charge in [0.15, 0.2) is 17.0 Å². The van der Waals surface area contributed by atoms with Gasteiger partial charge in [0, 0.05) is 26.8 Å².